The number of hydrogen-bond donors (Lipinski definition) is 0. The maximum absolute atomic E-state index is 6.44. The molecular formula is C11H26ClNSi. The first kappa shape index (κ1) is 14.5. The van der Waals surface area contributed by atoms with E-state index in [4.69, 9.17) is 11.1 Å². The predicted molar refractivity (Wildman–Crippen MR) is 69.4 cm³/mol. The van der Waals surface area contributed by atoms with Crippen molar-refractivity contribution in [3.8, 4) is 0 Å². The number of halogens is 1. The highest BCUT2D eigenvalue weighted by Crippen LogP contribution is 2.23. The van der Waals surface area contributed by atoms with E-state index in [2.05, 4.69) is 39.2 Å². The van der Waals surface area contributed by atoms with E-state index in [0.29, 0.717) is 5.41 Å². The van der Waals surface area contributed by atoms with E-state index >= 15 is 0 Å². The van der Waals surface area contributed by atoms with Gasteiger partial charge in [0.2, 0.25) is 8.27 Å². The van der Waals surface area contributed by atoms with Crippen molar-refractivity contribution in [2.24, 2.45) is 5.41 Å². The molecule has 0 amide bonds. The molecule has 1 nitrogen and oxygen atoms in total. The number of rotatable bonds is 6. The molecule has 0 aliphatic rings. The molecule has 0 aromatic heterocycles. The first-order chi connectivity index (χ1) is 6.40. The Balaban J connectivity index is 3.67. The summed E-state index contributed by atoms with van der Waals surface area (Å²) in [4.78, 5) is 0. The predicted octanol–water partition coefficient (Wildman–Crippen LogP) is 3.61. The summed E-state index contributed by atoms with van der Waals surface area (Å²) in [5.74, 6) is 0. The Morgan fingerprint density at radius 3 is 2.00 bits per heavy atom. The van der Waals surface area contributed by atoms with Crippen LogP contribution in [0, 0.1) is 5.41 Å². The van der Waals surface area contributed by atoms with Crippen LogP contribution >= 0.6 is 11.1 Å². The van der Waals surface area contributed by atoms with Crippen LogP contribution in [-0.2, 0) is 0 Å². The molecule has 0 rings (SSSR count). The lowest BCUT2D eigenvalue weighted by Gasteiger charge is -2.24. The van der Waals surface area contributed by atoms with E-state index in [9.17, 15) is 0 Å². The average Bonchev–Trinajstić information content (AvgIpc) is 2.04. The van der Waals surface area contributed by atoms with Crippen molar-refractivity contribution in [2.45, 2.75) is 53.5 Å². The summed E-state index contributed by atoms with van der Waals surface area (Å²) in [6.45, 7) is 13.5. The SMILES string of the molecule is CCN(CC)[SiH](Cl)CCCC(C)(C)C. The molecule has 0 saturated heterocycles. The molecular weight excluding hydrogens is 210 g/mol. The fraction of sp³-hybridized carbons (Fsp3) is 1.00. The van der Waals surface area contributed by atoms with Crippen LogP contribution in [0.25, 0.3) is 0 Å². The minimum atomic E-state index is -1.10. The van der Waals surface area contributed by atoms with E-state index in [0.717, 1.165) is 13.1 Å². The second-order valence-corrected chi connectivity index (χ2v) is 8.80. The molecule has 0 aliphatic carbocycles. The second kappa shape index (κ2) is 6.86. The lowest BCUT2D eigenvalue weighted by atomic mass is 9.91. The summed E-state index contributed by atoms with van der Waals surface area (Å²) in [6, 6.07) is 1.25. The van der Waals surface area contributed by atoms with Crippen molar-refractivity contribution in [1.82, 2.24) is 4.57 Å². The van der Waals surface area contributed by atoms with Crippen molar-refractivity contribution >= 4 is 19.3 Å². The van der Waals surface area contributed by atoms with Gasteiger partial charge in [-0.3, -0.25) is 0 Å². The summed E-state index contributed by atoms with van der Waals surface area (Å²) >= 11 is 6.44. The maximum atomic E-state index is 6.44. The van der Waals surface area contributed by atoms with Crippen molar-refractivity contribution in [3.63, 3.8) is 0 Å². The van der Waals surface area contributed by atoms with Crippen molar-refractivity contribution in [1.29, 1.82) is 0 Å². The van der Waals surface area contributed by atoms with Gasteiger partial charge in [0.25, 0.3) is 0 Å². The third-order valence-corrected chi connectivity index (χ3v) is 6.47. The summed E-state index contributed by atoms with van der Waals surface area (Å²) in [7, 11) is -1.10. The summed E-state index contributed by atoms with van der Waals surface area (Å²) in [5, 5.41) is 0. The topological polar surface area (TPSA) is 3.24 Å². The van der Waals surface area contributed by atoms with Crippen LogP contribution in [0.2, 0.25) is 6.04 Å². The van der Waals surface area contributed by atoms with Gasteiger partial charge in [-0.25, -0.2) is 0 Å². The van der Waals surface area contributed by atoms with Gasteiger partial charge < -0.3 is 4.57 Å². The number of hydrogen-bond acceptors (Lipinski definition) is 1. The Hall–Kier alpha value is 0.467. The highest BCUT2D eigenvalue weighted by molar-refractivity contribution is 7.05. The zero-order valence-corrected chi connectivity index (χ0v) is 12.3. The zero-order chi connectivity index (χ0) is 11.2. The molecule has 0 saturated carbocycles. The largest absolute Gasteiger partial charge is 0.315 e. The minimum Gasteiger partial charge on any atom is -0.315 e. The van der Waals surface area contributed by atoms with Crippen molar-refractivity contribution < 1.29 is 0 Å². The van der Waals surface area contributed by atoms with Crippen LogP contribution in [0.3, 0.4) is 0 Å². The highest BCUT2D eigenvalue weighted by Gasteiger charge is 2.16. The van der Waals surface area contributed by atoms with Gasteiger partial charge in [-0.05, 0) is 31.0 Å². The Labute approximate surface area is 96.2 Å². The molecule has 0 heterocycles. The lowest BCUT2D eigenvalue weighted by molar-refractivity contribution is 0.370. The van der Waals surface area contributed by atoms with E-state index in [1.807, 2.05) is 0 Å². The Morgan fingerprint density at radius 2 is 1.64 bits per heavy atom. The van der Waals surface area contributed by atoms with Gasteiger partial charge in [-0.2, -0.15) is 11.1 Å². The summed E-state index contributed by atoms with van der Waals surface area (Å²) in [6.07, 6.45) is 2.59. The van der Waals surface area contributed by atoms with Gasteiger partial charge >= 0.3 is 0 Å². The Morgan fingerprint density at radius 1 is 1.14 bits per heavy atom. The molecule has 3 heteroatoms. The number of nitrogens with zero attached hydrogens (tertiary/aromatic N) is 1. The third kappa shape index (κ3) is 6.85. The molecule has 0 aliphatic heterocycles. The summed E-state index contributed by atoms with van der Waals surface area (Å²) < 4.78 is 2.45. The van der Waals surface area contributed by atoms with Crippen molar-refractivity contribution in [3.05, 3.63) is 0 Å². The fourth-order valence-corrected chi connectivity index (χ4v) is 4.59. The monoisotopic (exact) mass is 235 g/mol. The smallest absolute Gasteiger partial charge is 0.213 e. The lowest BCUT2D eigenvalue weighted by Crippen LogP contribution is -2.34. The van der Waals surface area contributed by atoms with Gasteiger partial charge in [0.05, 0.1) is 0 Å². The van der Waals surface area contributed by atoms with E-state index in [-0.39, 0.29) is 0 Å². The molecule has 0 radical (unpaired) electrons. The Kier molecular flexibility index (Phi) is 7.09. The average molecular weight is 236 g/mol. The molecule has 0 aromatic rings. The molecule has 86 valence electrons. The van der Waals surface area contributed by atoms with Crippen LogP contribution in [0.5, 0.6) is 0 Å². The fourth-order valence-electron chi connectivity index (χ4n) is 1.60. The summed E-state index contributed by atoms with van der Waals surface area (Å²) in [5.41, 5.74) is 0.467. The molecule has 0 fully saturated rings. The minimum absolute atomic E-state index is 0.467. The molecule has 1 atom stereocenters. The van der Waals surface area contributed by atoms with Crippen LogP contribution in [0.4, 0.5) is 0 Å². The zero-order valence-electron chi connectivity index (χ0n) is 10.4. The molecule has 14 heavy (non-hydrogen) atoms. The second-order valence-electron chi connectivity index (χ2n) is 5.11. The Bertz CT molecular complexity index is 141. The van der Waals surface area contributed by atoms with Crippen molar-refractivity contribution in [2.75, 3.05) is 13.1 Å². The molecule has 0 bridgehead atoms. The van der Waals surface area contributed by atoms with Gasteiger partial charge in [-0.15, -0.1) is 0 Å². The van der Waals surface area contributed by atoms with Crippen LogP contribution in [0.1, 0.15) is 47.5 Å². The van der Waals surface area contributed by atoms with Gasteiger partial charge in [0.1, 0.15) is 0 Å². The maximum Gasteiger partial charge on any atom is 0.213 e. The van der Waals surface area contributed by atoms with E-state index < -0.39 is 8.27 Å². The van der Waals surface area contributed by atoms with E-state index in [1.165, 1.54) is 18.9 Å². The quantitative estimate of drug-likeness (QED) is 0.502. The standard InChI is InChI=1S/C11H26ClNSi/c1-6-13(7-2)14(12)10-8-9-11(3,4)5/h14H,6-10H2,1-5H3. The van der Waals surface area contributed by atoms with Gasteiger partial charge in [0, 0.05) is 0 Å². The highest BCUT2D eigenvalue weighted by atomic mass is 35.6. The normalized spacial score (nSPS) is 14.8. The molecule has 1 unspecified atom stereocenters. The molecule has 0 aromatic carbocycles. The first-order valence-electron chi connectivity index (χ1n) is 5.78. The first-order valence-corrected chi connectivity index (χ1v) is 8.86. The molecule has 0 spiro atoms. The van der Waals surface area contributed by atoms with Gasteiger partial charge in [0.15, 0.2) is 0 Å². The molecule has 0 N–H and O–H groups in total. The van der Waals surface area contributed by atoms with Gasteiger partial charge in [-0.1, -0.05) is 41.0 Å². The van der Waals surface area contributed by atoms with E-state index in [1.54, 1.807) is 0 Å². The van der Waals surface area contributed by atoms with Crippen LogP contribution in [0.15, 0.2) is 0 Å². The van der Waals surface area contributed by atoms with Crippen LogP contribution in [-0.4, -0.2) is 25.9 Å². The van der Waals surface area contributed by atoms with Crippen LogP contribution < -0.4 is 0 Å². The third-order valence-electron chi connectivity index (χ3n) is 2.58.